The fraction of sp³-hybridized carbons (Fsp3) is 0.600. The average molecular weight is 759 g/mol. The van der Waals surface area contributed by atoms with Gasteiger partial charge in [0.15, 0.2) is 11.6 Å². The van der Waals surface area contributed by atoms with E-state index in [2.05, 4.69) is 31.2 Å². The van der Waals surface area contributed by atoms with Gasteiger partial charge in [0.25, 0.3) is 5.91 Å². The fourth-order valence-electron chi connectivity index (χ4n) is 8.56. The van der Waals surface area contributed by atoms with Crippen molar-refractivity contribution in [1.82, 2.24) is 41.0 Å². The second-order valence-electron chi connectivity index (χ2n) is 15.3. The number of Topliss-reactive ketones (excluding diaryl/α,β-unsaturated/α-hetero) is 2. The zero-order valence-corrected chi connectivity index (χ0v) is 32.0. The predicted molar refractivity (Wildman–Crippen MR) is 200 cm³/mol. The SMILES string of the molecule is CC[C@@H](C)[C@H](NO)C(=O)N(C(=O)[C@@H]1CCCN1C(=O)[C@@H](CC1C=CCC(C(=O)c2cccnn2)(C(=O)c2cccnn2)C1)NC)[C@@H](C=O)CC1CCCCC1. The number of aromatic nitrogens is 4. The first-order chi connectivity index (χ1) is 26.6. The van der Waals surface area contributed by atoms with E-state index in [4.69, 9.17) is 0 Å². The second kappa shape index (κ2) is 19.3. The van der Waals surface area contributed by atoms with Crippen LogP contribution in [0, 0.1) is 23.2 Å². The van der Waals surface area contributed by atoms with E-state index in [1.807, 2.05) is 13.0 Å². The van der Waals surface area contributed by atoms with Crippen molar-refractivity contribution in [2.45, 2.75) is 115 Å². The largest absolute Gasteiger partial charge is 0.329 e. The number of ketones is 2. The fourth-order valence-corrected chi connectivity index (χ4v) is 8.56. The lowest BCUT2D eigenvalue weighted by atomic mass is 9.65. The average Bonchev–Trinajstić information content (AvgIpc) is 3.73. The number of rotatable bonds is 17. The Morgan fingerprint density at radius 2 is 1.64 bits per heavy atom. The summed E-state index contributed by atoms with van der Waals surface area (Å²) in [5, 5.41) is 28.9. The number of hydroxylamine groups is 1. The van der Waals surface area contributed by atoms with Crippen molar-refractivity contribution in [2.24, 2.45) is 23.2 Å². The smallest absolute Gasteiger partial charge is 0.252 e. The number of imide groups is 1. The molecule has 15 heteroatoms. The van der Waals surface area contributed by atoms with Crippen LogP contribution in [0.2, 0.25) is 0 Å². The van der Waals surface area contributed by atoms with Crippen LogP contribution >= 0.6 is 0 Å². The number of nitrogens with zero attached hydrogens (tertiary/aromatic N) is 6. The highest BCUT2D eigenvalue weighted by molar-refractivity contribution is 6.18. The number of allylic oxidation sites excluding steroid dienone is 2. The third-order valence-electron chi connectivity index (χ3n) is 11.9. The molecule has 1 saturated carbocycles. The molecule has 2 aromatic rings. The van der Waals surface area contributed by atoms with Gasteiger partial charge in [0, 0.05) is 18.9 Å². The molecule has 3 heterocycles. The lowest BCUT2D eigenvalue weighted by Gasteiger charge is -2.38. The summed E-state index contributed by atoms with van der Waals surface area (Å²) < 4.78 is 0. The van der Waals surface area contributed by atoms with Gasteiger partial charge in [-0.25, -0.2) is 0 Å². The molecule has 1 saturated heterocycles. The van der Waals surface area contributed by atoms with Gasteiger partial charge in [0.05, 0.1) is 12.1 Å². The van der Waals surface area contributed by atoms with E-state index in [0.717, 1.165) is 37.0 Å². The highest BCUT2D eigenvalue weighted by Gasteiger charge is 2.50. The van der Waals surface area contributed by atoms with Gasteiger partial charge in [-0.05, 0) is 87.6 Å². The number of amides is 3. The van der Waals surface area contributed by atoms with Crippen molar-refractivity contribution >= 4 is 35.6 Å². The Morgan fingerprint density at radius 3 is 2.18 bits per heavy atom. The van der Waals surface area contributed by atoms with Crippen molar-refractivity contribution < 1.29 is 34.0 Å². The molecule has 5 rings (SSSR count). The van der Waals surface area contributed by atoms with Crippen LogP contribution in [-0.2, 0) is 19.2 Å². The van der Waals surface area contributed by atoms with Crippen LogP contribution in [-0.4, -0.2) is 109 Å². The molecule has 0 radical (unpaired) electrons. The van der Waals surface area contributed by atoms with E-state index in [1.54, 1.807) is 32.2 Å². The summed E-state index contributed by atoms with van der Waals surface area (Å²) in [5.41, 5.74) is 0.595. The van der Waals surface area contributed by atoms with Crippen LogP contribution < -0.4 is 10.8 Å². The number of nitrogens with one attached hydrogen (secondary N) is 2. The number of carbonyl (C=O) groups is 6. The van der Waals surface area contributed by atoms with Gasteiger partial charge >= 0.3 is 0 Å². The maximum Gasteiger partial charge on any atom is 0.252 e. The molecule has 3 N–H and O–H groups in total. The van der Waals surface area contributed by atoms with E-state index in [1.165, 1.54) is 29.4 Å². The molecule has 1 aliphatic heterocycles. The standard InChI is InChI=1S/C40H54N8O7/c1-4-26(2)34(46-55)39(54)48(29(25-49)22-27-12-6-5-7-13-27)38(53)33-17-11-21-47(33)37(52)32(41-3)23-28-14-8-18-40(24-28,35(50)30-15-9-19-42-44-30)36(51)31-16-10-20-43-45-31/h8-10,14-16,19-20,25-29,32-34,41,46,55H,4-7,11-13,17-18,21-24H2,1-3H3/t26-,28?,29-,32-,33+,34+/m1/s1. The zero-order valence-electron chi connectivity index (χ0n) is 32.0. The summed E-state index contributed by atoms with van der Waals surface area (Å²) in [7, 11) is 1.64. The summed E-state index contributed by atoms with van der Waals surface area (Å²) in [4.78, 5) is 86.7. The summed E-state index contributed by atoms with van der Waals surface area (Å²) >= 11 is 0. The number of likely N-dealkylation sites (N-methyl/N-ethyl adjacent to an activating group) is 1. The zero-order chi connectivity index (χ0) is 39.5. The molecule has 2 aromatic heterocycles. The van der Waals surface area contributed by atoms with Crippen LogP contribution in [0.4, 0.5) is 0 Å². The maximum absolute atomic E-state index is 14.6. The van der Waals surface area contributed by atoms with Crippen molar-refractivity contribution in [1.29, 1.82) is 0 Å². The maximum atomic E-state index is 14.6. The van der Waals surface area contributed by atoms with E-state index < -0.39 is 58.9 Å². The van der Waals surface area contributed by atoms with Crippen molar-refractivity contribution in [3.8, 4) is 0 Å². The topological polar surface area (TPSA) is 205 Å². The van der Waals surface area contributed by atoms with Crippen LogP contribution in [0.1, 0.15) is 112 Å². The van der Waals surface area contributed by atoms with Crippen LogP contribution in [0.3, 0.4) is 0 Å². The highest BCUT2D eigenvalue weighted by Crippen LogP contribution is 2.42. The first kappa shape index (κ1) is 41.6. The second-order valence-corrected chi connectivity index (χ2v) is 15.3. The van der Waals surface area contributed by atoms with Crippen molar-refractivity contribution in [2.75, 3.05) is 13.6 Å². The third kappa shape index (κ3) is 9.27. The molecular weight excluding hydrogens is 704 g/mol. The number of aldehydes is 1. The van der Waals surface area contributed by atoms with Gasteiger partial charge in [-0.15, -0.1) is 10.2 Å². The molecule has 6 atom stereocenters. The summed E-state index contributed by atoms with van der Waals surface area (Å²) in [6, 6.07) is 2.19. The molecule has 0 spiro atoms. The van der Waals surface area contributed by atoms with E-state index >= 15 is 0 Å². The lowest BCUT2D eigenvalue weighted by molar-refractivity contribution is -0.158. The van der Waals surface area contributed by atoms with Gasteiger partial charge < -0.3 is 20.2 Å². The number of hydrogen-bond donors (Lipinski definition) is 3. The number of hydrogen-bond acceptors (Lipinski definition) is 13. The molecule has 2 aliphatic carbocycles. The minimum atomic E-state index is -1.57. The van der Waals surface area contributed by atoms with Gasteiger partial charge in [0.1, 0.15) is 35.2 Å². The molecule has 0 aromatic carbocycles. The minimum absolute atomic E-state index is 0.0386. The van der Waals surface area contributed by atoms with Gasteiger partial charge in [0.2, 0.25) is 11.8 Å². The van der Waals surface area contributed by atoms with E-state index in [9.17, 15) is 34.0 Å². The van der Waals surface area contributed by atoms with E-state index in [-0.39, 0.29) is 54.9 Å². The van der Waals surface area contributed by atoms with Crippen LogP contribution in [0.25, 0.3) is 0 Å². The van der Waals surface area contributed by atoms with Crippen molar-refractivity contribution in [3.05, 3.63) is 60.2 Å². The minimum Gasteiger partial charge on any atom is -0.329 e. The van der Waals surface area contributed by atoms with Gasteiger partial charge in [-0.3, -0.25) is 28.9 Å². The molecule has 2 fully saturated rings. The monoisotopic (exact) mass is 758 g/mol. The Hall–Kier alpha value is -4.60. The summed E-state index contributed by atoms with van der Waals surface area (Å²) in [5.74, 6) is -3.30. The van der Waals surface area contributed by atoms with Crippen molar-refractivity contribution in [3.63, 3.8) is 0 Å². The summed E-state index contributed by atoms with van der Waals surface area (Å²) in [6.45, 7) is 3.91. The number of likely N-dealkylation sites (tertiary alicyclic amines) is 1. The quantitative estimate of drug-likeness (QED) is 0.0695. The van der Waals surface area contributed by atoms with E-state index in [0.29, 0.717) is 32.0 Å². The molecule has 0 bridgehead atoms. The Bertz CT molecular complexity index is 1630. The van der Waals surface area contributed by atoms with Gasteiger partial charge in [-0.1, -0.05) is 64.5 Å². The number of carbonyl (C=O) groups excluding carboxylic acids is 6. The third-order valence-corrected chi connectivity index (χ3v) is 11.9. The Morgan fingerprint density at radius 1 is 0.982 bits per heavy atom. The van der Waals surface area contributed by atoms with Crippen LogP contribution in [0.5, 0.6) is 0 Å². The highest BCUT2D eigenvalue weighted by atomic mass is 16.5. The lowest BCUT2D eigenvalue weighted by Crippen LogP contribution is -2.60. The first-order valence-corrected chi connectivity index (χ1v) is 19.6. The Labute approximate surface area is 322 Å². The normalized spacial score (nSPS) is 21.9. The Balaban J connectivity index is 1.39. The first-order valence-electron chi connectivity index (χ1n) is 19.6. The molecule has 3 aliphatic rings. The predicted octanol–water partition coefficient (Wildman–Crippen LogP) is 3.54. The molecule has 3 amide bonds. The molecular formula is C40H54N8O7. The van der Waals surface area contributed by atoms with Crippen LogP contribution in [0.15, 0.2) is 48.8 Å². The molecule has 1 unspecified atom stereocenters. The Kier molecular flexibility index (Phi) is 14.6. The molecule has 15 nitrogen and oxygen atoms in total. The molecule has 55 heavy (non-hydrogen) atoms. The van der Waals surface area contributed by atoms with Gasteiger partial charge in [-0.2, -0.15) is 15.7 Å². The summed E-state index contributed by atoms with van der Waals surface area (Å²) in [6.07, 6.45) is 14.2. The molecule has 296 valence electrons.